The molecule has 0 aliphatic heterocycles. The lowest BCUT2D eigenvalue weighted by molar-refractivity contribution is -0.145. The lowest BCUT2D eigenvalue weighted by Crippen LogP contribution is -2.52. The fraction of sp³-hybridized carbons (Fsp3) is 0.323. The van der Waals surface area contributed by atoms with E-state index in [1.54, 1.807) is 0 Å². The van der Waals surface area contributed by atoms with E-state index in [-0.39, 0.29) is 37.3 Å². The van der Waals surface area contributed by atoms with E-state index in [1.165, 1.54) is 4.90 Å². The van der Waals surface area contributed by atoms with Gasteiger partial charge in [-0.3, -0.25) is 9.59 Å². The number of alkyl carbamates (subject to hydrolysis) is 1. The van der Waals surface area contributed by atoms with E-state index in [9.17, 15) is 19.5 Å². The zero-order valence-corrected chi connectivity index (χ0v) is 21.4. The molecule has 196 valence electrons. The second-order valence-corrected chi connectivity index (χ2v) is 10.4. The number of carboxylic acids is 1. The molecule has 38 heavy (non-hydrogen) atoms. The summed E-state index contributed by atoms with van der Waals surface area (Å²) < 4.78 is 5.75. The number of amides is 2. The third-order valence-corrected chi connectivity index (χ3v) is 7.62. The van der Waals surface area contributed by atoms with E-state index >= 15 is 0 Å². The minimum atomic E-state index is -1.08. The van der Waals surface area contributed by atoms with Crippen LogP contribution >= 0.6 is 0 Å². The van der Waals surface area contributed by atoms with Crippen LogP contribution in [0.5, 0.6) is 0 Å². The van der Waals surface area contributed by atoms with Gasteiger partial charge in [-0.1, -0.05) is 78.9 Å². The predicted molar refractivity (Wildman–Crippen MR) is 143 cm³/mol. The van der Waals surface area contributed by atoms with Crippen molar-refractivity contribution in [2.75, 3.05) is 13.2 Å². The van der Waals surface area contributed by atoms with Gasteiger partial charge in [0.1, 0.15) is 13.2 Å². The van der Waals surface area contributed by atoms with Gasteiger partial charge >= 0.3 is 12.1 Å². The smallest absolute Gasteiger partial charge is 0.407 e. The van der Waals surface area contributed by atoms with E-state index in [0.29, 0.717) is 0 Å². The Morgan fingerprint density at radius 3 is 2.08 bits per heavy atom. The molecule has 2 N–H and O–H groups in total. The summed E-state index contributed by atoms with van der Waals surface area (Å²) in [5.41, 5.74) is 4.59. The van der Waals surface area contributed by atoms with Gasteiger partial charge in [0.05, 0.1) is 12.0 Å². The number of hydrogen-bond acceptors (Lipinski definition) is 4. The first-order valence-corrected chi connectivity index (χ1v) is 13.0. The standard InChI is InChI=1S/C31H32N2O5/c1-31(22-15-16-22,17-28(34)33(19-29(35)36)18-21-9-3-2-4-10-21)32-30(37)38-20-27-25-13-7-5-11-23(25)24-12-6-8-14-26(24)27/h2-14,22,27H,15-20H2,1H3,(H,32,37)(H,35,36). The lowest BCUT2D eigenvalue weighted by atomic mass is 9.91. The lowest BCUT2D eigenvalue weighted by Gasteiger charge is -2.32. The molecule has 2 amide bonds. The third-order valence-electron chi connectivity index (χ3n) is 7.62. The van der Waals surface area contributed by atoms with Gasteiger partial charge in [0.25, 0.3) is 0 Å². The molecule has 0 heterocycles. The average molecular weight is 513 g/mol. The molecular weight excluding hydrogens is 480 g/mol. The highest BCUT2D eigenvalue weighted by atomic mass is 16.5. The molecular formula is C31H32N2O5. The topological polar surface area (TPSA) is 95.9 Å². The van der Waals surface area contributed by atoms with Gasteiger partial charge in [-0.25, -0.2) is 4.79 Å². The highest BCUT2D eigenvalue weighted by Crippen LogP contribution is 2.45. The van der Waals surface area contributed by atoms with Crippen LogP contribution in [0.3, 0.4) is 0 Å². The van der Waals surface area contributed by atoms with Crippen LogP contribution in [0.4, 0.5) is 4.79 Å². The summed E-state index contributed by atoms with van der Waals surface area (Å²) in [5, 5.41) is 12.4. The van der Waals surface area contributed by atoms with E-state index in [0.717, 1.165) is 40.7 Å². The molecule has 1 unspecified atom stereocenters. The Labute approximate surface area is 222 Å². The monoisotopic (exact) mass is 512 g/mol. The Morgan fingerprint density at radius 2 is 1.50 bits per heavy atom. The number of carbonyl (C=O) groups excluding carboxylic acids is 2. The molecule has 1 atom stereocenters. The number of rotatable bonds is 10. The predicted octanol–water partition coefficient (Wildman–Crippen LogP) is 5.20. The van der Waals surface area contributed by atoms with Crippen molar-refractivity contribution in [2.24, 2.45) is 5.92 Å². The summed E-state index contributed by atoms with van der Waals surface area (Å²) in [6.07, 6.45) is 1.22. The maximum atomic E-state index is 13.3. The minimum absolute atomic E-state index is 0.00196. The number of carboxylic acid groups (broad SMARTS) is 1. The molecule has 0 spiro atoms. The molecule has 3 aromatic rings. The van der Waals surface area contributed by atoms with Crippen LogP contribution in [0, 0.1) is 5.92 Å². The number of ether oxygens (including phenoxy) is 1. The van der Waals surface area contributed by atoms with Gasteiger partial charge in [0.2, 0.25) is 5.91 Å². The van der Waals surface area contributed by atoms with Crippen molar-refractivity contribution in [2.45, 2.75) is 44.2 Å². The second kappa shape index (κ2) is 10.7. The largest absolute Gasteiger partial charge is 0.480 e. The molecule has 5 rings (SSSR count). The Kier molecular flexibility index (Phi) is 7.18. The Morgan fingerprint density at radius 1 is 0.921 bits per heavy atom. The number of aliphatic carboxylic acids is 1. The van der Waals surface area contributed by atoms with Gasteiger partial charge in [-0.2, -0.15) is 0 Å². The van der Waals surface area contributed by atoms with Gasteiger partial charge in [-0.15, -0.1) is 0 Å². The Bertz CT molecular complexity index is 1290. The van der Waals surface area contributed by atoms with Crippen molar-refractivity contribution in [3.05, 3.63) is 95.6 Å². The van der Waals surface area contributed by atoms with Gasteiger partial charge in [0.15, 0.2) is 0 Å². The zero-order valence-electron chi connectivity index (χ0n) is 21.4. The van der Waals surface area contributed by atoms with Crippen molar-refractivity contribution in [3.63, 3.8) is 0 Å². The summed E-state index contributed by atoms with van der Waals surface area (Å²) in [4.78, 5) is 39.2. The normalized spacial score (nSPS) is 15.6. The van der Waals surface area contributed by atoms with E-state index in [4.69, 9.17) is 4.74 Å². The molecule has 2 aliphatic rings. The Hall–Kier alpha value is -4.13. The first-order valence-electron chi connectivity index (χ1n) is 13.0. The molecule has 0 radical (unpaired) electrons. The summed E-state index contributed by atoms with van der Waals surface area (Å²) in [6, 6.07) is 25.6. The number of nitrogens with one attached hydrogen (secondary N) is 1. The van der Waals surface area contributed by atoms with Crippen LogP contribution in [-0.4, -0.2) is 46.7 Å². The van der Waals surface area contributed by atoms with Crippen LogP contribution in [-0.2, 0) is 20.9 Å². The maximum Gasteiger partial charge on any atom is 0.407 e. The molecule has 2 aliphatic carbocycles. The average Bonchev–Trinajstić information content (AvgIpc) is 3.72. The molecule has 0 aromatic heterocycles. The van der Waals surface area contributed by atoms with Crippen molar-refractivity contribution in [3.8, 4) is 11.1 Å². The second-order valence-electron chi connectivity index (χ2n) is 10.4. The van der Waals surface area contributed by atoms with Gasteiger partial charge in [0, 0.05) is 12.5 Å². The highest BCUT2D eigenvalue weighted by Gasteiger charge is 2.45. The van der Waals surface area contributed by atoms with E-state index < -0.39 is 24.1 Å². The molecule has 3 aromatic carbocycles. The molecule has 7 nitrogen and oxygen atoms in total. The third kappa shape index (κ3) is 5.57. The number of carbonyl (C=O) groups is 3. The fourth-order valence-electron chi connectivity index (χ4n) is 5.50. The number of nitrogens with zero attached hydrogens (tertiary/aromatic N) is 1. The van der Waals surface area contributed by atoms with Gasteiger partial charge < -0.3 is 20.1 Å². The molecule has 1 saturated carbocycles. The number of benzene rings is 3. The van der Waals surface area contributed by atoms with E-state index in [1.807, 2.05) is 61.5 Å². The fourth-order valence-corrected chi connectivity index (χ4v) is 5.50. The van der Waals surface area contributed by atoms with Crippen LogP contribution in [0.2, 0.25) is 0 Å². The van der Waals surface area contributed by atoms with Crippen LogP contribution < -0.4 is 5.32 Å². The van der Waals surface area contributed by atoms with E-state index in [2.05, 4.69) is 29.6 Å². The first-order chi connectivity index (χ1) is 18.3. The minimum Gasteiger partial charge on any atom is -0.480 e. The van der Waals surface area contributed by atoms with Gasteiger partial charge in [-0.05, 0) is 53.5 Å². The van der Waals surface area contributed by atoms with Crippen LogP contribution in [0.25, 0.3) is 11.1 Å². The first kappa shape index (κ1) is 25.5. The number of hydrogen-bond donors (Lipinski definition) is 2. The van der Waals surface area contributed by atoms with Crippen molar-refractivity contribution < 1.29 is 24.2 Å². The molecule has 7 heteroatoms. The SMILES string of the molecule is CC(CC(=O)N(CC(=O)O)Cc1ccccc1)(NC(=O)OCC1c2ccccc2-c2ccccc21)C1CC1. The summed E-state index contributed by atoms with van der Waals surface area (Å²) in [7, 11) is 0. The molecule has 0 saturated heterocycles. The van der Waals surface area contributed by atoms with Crippen molar-refractivity contribution >= 4 is 18.0 Å². The molecule has 0 bridgehead atoms. The summed E-state index contributed by atoms with van der Waals surface area (Å²) in [5.74, 6) is -1.31. The van der Waals surface area contributed by atoms with Crippen LogP contribution in [0.15, 0.2) is 78.9 Å². The van der Waals surface area contributed by atoms with Crippen LogP contribution in [0.1, 0.15) is 48.8 Å². The quantitative estimate of drug-likeness (QED) is 0.389. The van der Waals surface area contributed by atoms with Crippen molar-refractivity contribution in [1.82, 2.24) is 10.2 Å². The summed E-state index contributed by atoms with van der Waals surface area (Å²) in [6.45, 7) is 1.83. The maximum absolute atomic E-state index is 13.3. The molecule has 1 fully saturated rings. The summed E-state index contributed by atoms with van der Waals surface area (Å²) >= 11 is 0. The number of fused-ring (bicyclic) bond motifs is 3. The van der Waals surface area contributed by atoms with Crippen molar-refractivity contribution in [1.29, 1.82) is 0 Å². The highest BCUT2D eigenvalue weighted by molar-refractivity contribution is 5.83. The zero-order chi connectivity index (χ0) is 26.7. The Balaban J connectivity index is 1.25.